The number of phenolic OH excluding ortho intramolecular Hbond substituents is 1. The maximum Gasteiger partial charge on any atom is 0.196 e. The first-order valence-electron chi connectivity index (χ1n) is 11.7. The zero-order valence-electron chi connectivity index (χ0n) is 19.3. The number of phenols is 1. The van der Waals surface area contributed by atoms with E-state index < -0.39 is 0 Å². The van der Waals surface area contributed by atoms with Crippen molar-refractivity contribution in [3.63, 3.8) is 0 Å². The molecule has 3 aromatic carbocycles. The predicted octanol–water partition coefficient (Wildman–Crippen LogP) is 6.47. The van der Waals surface area contributed by atoms with Gasteiger partial charge in [0.2, 0.25) is 0 Å². The van der Waals surface area contributed by atoms with E-state index >= 15 is 0 Å². The fourth-order valence-corrected chi connectivity index (χ4v) is 4.42. The number of anilines is 1. The first-order chi connectivity index (χ1) is 15.9. The number of rotatable bonds is 5. The van der Waals surface area contributed by atoms with E-state index in [4.69, 9.17) is 10.8 Å². The normalized spacial score (nSPS) is 15.2. The summed E-state index contributed by atoms with van der Waals surface area (Å²) in [6.07, 6.45) is 6.44. The minimum Gasteiger partial charge on any atom is -0.508 e. The van der Waals surface area contributed by atoms with Gasteiger partial charge in [0.15, 0.2) is 12.1 Å². The molecule has 0 aliphatic heterocycles. The molecular weight excluding hydrogens is 410 g/mol. The van der Waals surface area contributed by atoms with Crippen molar-refractivity contribution in [2.24, 2.45) is 0 Å². The van der Waals surface area contributed by atoms with Crippen molar-refractivity contribution in [1.82, 2.24) is 0 Å². The highest BCUT2D eigenvalue weighted by atomic mass is 16.3. The lowest BCUT2D eigenvalue weighted by atomic mass is 9.75. The molecule has 4 heteroatoms. The van der Waals surface area contributed by atoms with Crippen LogP contribution in [0.4, 0.5) is 5.69 Å². The molecule has 0 spiro atoms. The van der Waals surface area contributed by atoms with E-state index in [1.807, 2.05) is 50.2 Å². The summed E-state index contributed by atoms with van der Waals surface area (Å²) >= 11 is 0. The molecule has 5 rings (SSSR count). The molecule has 2 aliphatic rings. The number of nitrogens with two attached hydrogens (primary N) is 1. The van der Waals surface area contributed by atoms with Crippen molar-refractivity contribution in [1.29, 1.82) is 0 Å². The molecule has 2 aliphatic carbocycles. The number of hydrogen-bond acceptors (Lipinski definition) is 4. The Balaban J connectivity index is 0.000000275. The van der Waals surface area contributed by atoms with Gasteiger partial charge in [-0.1, -0.05) is 54.4 Å². The van der Waals surface area contributed by atoms with E-state index in [0.717, 1.165) is 48.7 Å². The SMILES string of the molecule is Cc1ccc(O)cc1.Cc1ccccc1C(=O)c1c(N)c(C2CC2)cc(C2CCC2)c1C=O. The summed E-state index contributed by atoms with van der Waals surface area (Å²) in [7, 11) is 0. The van der Waals surface area contributed by atoms with E-state index in [9.17, 15) is 9.59 Å². The number of nitrogen functional groups attached to an aromatic ring is 1. The first-order valence-corrected chi connectivity index (χ1v) is 11.7. The summed E-state index contributed by atoms with van der Waals surface area (Å²) in [5.74, 6) is 1.04. The summed E-state index contributed by atoms with van der Waals surface area (Å²) in [5.41, 5.74) is 12.7. The van der Waals surface area contributed by atoms with E-state index in [1.54, 1.807) is 12.1 Å². The van der Waals surface area contributed by atoms with Gasteiger partial charge in [0.25, 0.3) is 0 Å². The molecule has 0 saturated heterocycles. The fraction of sp³-hybridized carbons (Fsp3) is 0.310. The van der Waals surface area contributed by atoms with Crippen LogP contribution < -0.4 is 5.73 Å². The van der Waals surface area contributed by atoms with Crippen LogP contribution in [0.3, 0.4) is 0 Å². The molecule has 2 saturated carbocycles. The number of carbonyl (C=O) groups excluding carboxylic acids is 2. The maximum atomic E-state index is 13.3. The topological polar surface area (TPSA) is 80.4 Å². The number of aromatic hydroxyl groups is 1. The summed E-state index contributed by atoms with van der Waals surface area (Å²) in [5, 5.41) is 8.76. The van der Waals surface area contributed by atoms with Crippen molar-refractivity contribution in [3.05, 3.63) is 93.5 Å². The molecule has 0 radical (unpaired) electrons. The van der Waals surface area contributed by atoms with Gasteiger partial charge in [-0.2, -0.15) is 0 Å². The summed E-state index contributed by atoms with van der Waals surface area (Å²) in [6.45, 7) is 3.90. The quantitative estimate of drug-likeness (QED) is 0.270. The monoisotopic (exact) mass is 441 g/mol. The highest BCUT2D eigenvalue weighted by Crippen LogP contribution is 2.48. The molecule has 0 amide bonds. The van der Waals surface area contributed by atoms with Crippen LogP contribution in [0.1, 0.15) is 92.5 Å². The zero-order chi connectivity index (χ0) is 23.5. The van der Waals surface area contributed by atoms with E-state index in [0.29, 0.717) is 40.0 Å². The van der Waals surface area contributed by atoms with Crippen LogP contribution in [0.25, 0.3) is 0 Å². The third-order valence-corrected chi connectivity index (χ3v) is 6.80. The number of ketones is 1. The zero-order valence-corrected chi connectivity index (χ0v) is 19.3. The average Bonchev–Trinajstić information content (AvgIpc) is 3.61. The molecule has 4 nitrogen and oxygen atoms in total. The molecule has 2 fully saturated rings. The molecule has 3 N–H and O–H groups in total. The summed E-state index contributed by atoms with van der Waals surface area (Å²) in [4.78, 5) is 25.3. The van der Waals surface area contributed by atoms with Crippen LogP contribution in [0.15, 0.2) is 54.6 Å². The highest BCUT2D eigenvalue weighted by molar-refractivity contribution is 6.17. The number of aryl methyl sites for hydroxylation is 2. The van der Waals surface area contributed by atoms with Crippen LogP contribution in [-0.4, -0.2) is 17.2 Å². The standard InChI is InChI=1S/C22H23NO2.C7H8O/c1-13-5-2-3-8-16(13)22(25)20-19(12-24)17(14-6-4-7-14)11-18(21(20)23)15-9-10-15;1-6-2-4-7(8)5-3-6/h2-3,5,8,11-12,14-15H,4,6-7,9-10,23H2,1H3;2-5,8H,1H3. The Bertz CT molecular complexity index is 1150. The number of aldehydes is 1. The van der Waals surface area contributed by atoms with Crippen molar-refractivity contribution < 1.29 is 14.7 Å². The van der Waals surface area contributed by atoms with Gasteiger partial charge in [-0.25, -0.2) is 0 Å². The van der Waals surface area contributed by atoms with Gasteiger partial charge in [-0.05, 0) is 80.2 Å². The Morgan fingerprint density at radius 1 is 0.939 bits per heavy atom. The minimum atomic E-state index is -0.124. The molecule has 0 unspecified atom stereocenters. The Kier molecular flexibility index (Phi) is 6.64. The van der Waals surface area contributed by atoms with Gasteiger partial charge in [-0.15, -0.1) is 0 Å². The lowest BCUT2D eigenvalue weighted by Gasteiger charge is -2.29. The summed E-state index contributed by atoms with van der Waals surface area (Å²) < 4.78 is 0. The summed E-state index contributed by atoms with van der Waals surface area (Å²) in [6, 6.07) is 16.7. The lowest BCUT2D eigenvalue weighted by molar-refractivity contribution is 0.102. The predicted molar refractivity (Wildman–Crippen MR) is 132 cm³/mol. The second-order valence-electron chi connectivity index (χ2n) is 9.26. The van der Waals surface area contributed by atoms with E-state index in [2.05, 4.69) is 6.07 Å². The number of carbonyl (C=O) groups is 2. The molecule has 0 aromatic heterocycles. The van der Waals surface area contributed by atoms with Crippen molar-refractivity contribution >= 4 is 17.8 Å². The van der Waals surface area contributed by atoms with Crippen LogP contribution >= 0.6 is 0 Å². The Morgan fingerprint density at radius 3 is 2.09 bits per heavy atom. The average molecular weight is 442 g/mol. The molecular formula is C29H31NO3. The van der Waals surface area contributed by atoms with Crippen LogP contribution in [0.5, 0.6) is 5.75 Å². The maximum absolute atomic E-state index is 13.3. The Morgan fingerprint density at radius 2 is 1.58 bits per heavy atom. The Labute approximate surface area is 195 Å². The largest absolute Gasteiger partial charge is 0.508 e. The van der Waals surface area contributed by atoms with Crippen LogP contribution in [0.2, 0.25) is 0 Å². The molecule has 0 bridgehead atoms. The second kappa shape index (κ2) is 9.62. The fourth-order valence-electron chi connectivity index (χ4n) is 4.42. The van der Waals surface area contributed by atoms with E-state index in [-0.39, 0.29) is 5.78 Å². The smallest absolute Gasteiger partial charge is 0.196 e. The molecule has 0 heterocycles. The minimum absolute atomic E-state index is 0.124. The lowest BCUT2D eigenvalue weighted by Crippen LogP contribution is -2.18. The number of hydrogen-bond donors (Lipinski definition) is 2. The van der Waals surface area contributed by atoms with Gasteiger partial charge in [0.05, 0.1) is 5.56 Å². The van der Waals surface area contributed by atoms with Gasteiger partial charge in [-0.3, -0.25) is 9.59 Å². The van der Waals surface area contributed by atoms with Crippen LogP contribution in [-0.2, 0) is 0 Å². The first kappa shape index (κ1) is 22.8. The molecule has 3 aromatic rings. The van der Waals surface area contributed by atoms with Crippen molar-refractivity contribution in [2.75, 3.05) is 5.73 Å². The molecule has 170 valence electrons. The second-order valence-corrected chi connectivity index (χ2v) is 9.26. The van der Waals surface area contributed by atoms with Crippen molar-refractivity contribution in [2.45, 2.75) is 57.8 Å². The van der Waals surface area contributed by atoms with Gasteiger partial charge in [0, 0.05) is 16.8 Å². The van der Waals surface area contributed by atoms with Gasteiger partial charge in [0.1, 0.15) is 5.75 Å². The van der Waals surface area contributed by atoms with Gasteiger partial charge >= 0.3 is 0 Å². The Hall–Kier alpha value is -3.40. The highest BCUT2D eigenvalue weighted by Gasteiger charge is 2.33. The van der Waals surface area contributed by atoms with Crippen molar-refractivity contribution in [3.8, 4) is 5.75 Å². The van der Waals surface area contributed by atoms with E-state index in [1.165, 1.54) is 12.0 Å². The third-order valence-electron chi connectivity index (χ3n) is 6.80. The third kappa shape index (κ3) is 4.85. The van der Waals surface area contributed by atoms with Gasteiger partial charge < -0.3 is 10.8 Å². The molecule has 0 atom stereocenters. The van der Waals surface area contributed by atoms with Crippen LogP contribution in [0, 0.1) is 13.8 Å². The molecule has 33 heavy (non-hydrogen) atoms. The number of benzene rings is 3.